The number of anilines is 2. The lowest BCUT2D eigenvalue weighted by atomic mass is 9.85. The molecule has 9 heteroatoms. The summed E-state index contributed by atoms with van der Waals surface area (Å²) in [5.74, 6) is -0.195. The van der Waals surface area contributed by atoms with Gasteiger partial charge in [0.25, 0.3) is 23.6 Å². The molecule has 8 rings (SSSR count). The van der Waals surface area contributed by atoms with E-state index >= 15 is 0 Å². The number of halogens is 1. The van der Waals surface area contributed by atoms with Crippen LogP contribution in [0.1, 0.15) is 121 Å². The van der Waals surface area contributed by atoms with Crippen LogP contribution in [0.3, 0.4) is 0 Å². The number of rotatable bonds is 12. The summed E-state index contributed by atoms with van der Waals surface area (Å²) in [5.41, 5.74) is 5.10. The predicted octanol–water partition coefficient (Wildman–Crippen LogP) is 12.0. The van der Waals surface area contributed by atoms with Gasteiger partial charge in [0.15, 0.2) is 0 Å². The van der Waals surface area contributed by atoms with E-state index in [0.717, 1.165) is 22.3 Å². The van der Waals surface area contributed by atoms with Crippen LogP contribution in [0.15, 0.2) is 95.5 Å². The standard InChI is InChI=1S/C50H49BrN2O6/c1-26(2)45(27(3)4)58-32-17-19-34(30-13-9-10-14-30)40(23-32)52-47(54)36-21-22-37-43-42(36)38(49(52)56)25-39(51)44(43)50(57)53(48(37)55)41-24-33(59-46(28(5)6)29(7)8)18-20-35(41)31-15-11-12-16-31/h9-13,15,17-29,45-46H,14,16H2,1-8H3. The van der Waals surface area contributed by atoms with Crippen molar-refractivity contribution < 1.29 is 28.7 Å². The molecule has 0 spiro atoms. The Balaban J connectivity index is 1.25. The van der Waals surface area contributed by atoms with Gasteiger partial charge in [0.05, 0.1) is 22.5 Å². The number of amides is 4. The van der Waals surface area contributed by atoms with Crippen LogP contribution in [0.2, 0.25) is 0 Å². The average Bonchev–Trinajstić information content (AvgIpc) is 3.93. The Hall–Kier alpha value is -5.54. The SMILES string of the molecule is CC(C)C(Oc1ccc(C2=CC=CC2)c(N2C(=O)c3ccc4c5c(c(Br)cc(c35)C2=O)C(=O)N(c2cc(OC(C(C)C)C(C)C)ccc2C2=CC=CC2)C4=O)c1)C(C)C. The van der Waals surface area contributed by atoms with Gasteiger partial charge in [-0.25, -0.2) is 9.80 Å². The van der Waals surface area contributed by atoms with Crippen LogP contribution in [-0.2, 0) is 0 Å². The highest BCUT2D eigenvalue weighted by Crippen LogP contribution is 2.46. The number of carbonyl (C=O) groups excluding carboxylic acids is 4. The fourth-order valence-corrected chi connectivity index (χ4v) is 9.73. The van der Waals surface area contributed by atoms with E-state index < -0.39 is 23.6 Å². The molecule has 4 aliphatic rings. The zero-order chi connectivity index (χ0) is 42.0. The van der Waals surface area contributed by atoms with E-state index in [1.165, 1.54) is 9.80 Å². The van der Waals surface area contributed by atoms with Gasteiger partial charge in [-0.1, -0.05) is 91.8 Å². The van der Waals surface area contributed by atoms with Gasteiger partial charge in [-0.05, 0) is 106 Å². The van der Waals surface area contributed by atoms with Crippen LogP contribution < -0.4 is 19.3 Å². The van der Waals surface area contributed by atoms with Crippen molar-refractivity contribution in [2.45, 2.75) is 80.4 Å². The maximum Gasteiger partial charge on any atom is 0.267 e. The van der Waals surface area contributed by atoms with E-state index in [-0.39, 0.29) is 63.5 Å². The van der Waals surface area contributed by atoms with Crippen molar-refractivity contribution >= 4 is 72.9 Å². The summed E-state index contributed by atoms with van der Waals surface area (Å²) in [5, 5.41) is 0.576. The summed E-state index contributed by atoms with van der Waals surface area (Å²) in [6.07, 6.45) is 13.1. The van der Waals surface area contributed by atoms with Gasteiger partial charge in [0, 0.05) is 49.6 Å². The number of allylic oxidation sites excluding steroid dienone is 8. The van der Waals surface area contributed by atoms with E-state index in [0.29, 0.717) is 45.6 Å². The average molecular weight is 854 g/mol. The molecule has 4 amide bonds. The summed E-state index contributed by atoms with van der Waals surface area (Å²) in [6.45, 7) is 16.9. The van der Waals surface area contributed by atoms with Crippen molar-refractivity contribution in [1.82, 2.24) is 0 Å². The lowest BCUT2D eigenvalue weighted by molar-refractivity contribution is 0.0871. The molecule has 59 heavy (non-hydrogen) atoms. The number of imide groups is 2. The maximum absolute atomic E-state index is 14.9. The molecule has 2 aliphatic carbocycles. The highest BCUT2D eigenvalue weighted by atomic mass is 79.9. The molecule has 0 saturated carbocycles. The van der Waals surface area contributed by atoms with E-state index in [9.17, 15) is 19.2 Å². The molecule has 8 nitrogen and oxygen atoms in total. The largest absolute Gasteiger partial charge is 0.490 e. The van der Waals surface area contributed by atoms with Gasteiger partial charge in [0.1, 0.15) is 23.7 Å². The van der Waals surface area contributed by atoms with Crippen LogP contribution >= 0.6 is 15.9 Å². The Morgan fingerprint density at radius 3 is 1.34 bits per heavy atom. The zero-order valence-electron chi connectivity index (χ0n) is 34.8. The molecule has 0 aromatic heterocycles. The third-order valence-corrected chi connectivity index (χ3v) is 12.4. The zero-order valence-corrected chi connectivity index (χ0v) is 36.3. The minimum Gasteiger partial charge on any atom is -0.490 e. The van der Waals surface area contributed by atoms with Crippen LogP contribution in [0.5, 0.6) is 11.5 Å². The van der Waals surface area contributed by atoms with Gasteiger partial charge >= 0.3 is 0 Å². The Bertz CT molecular complexity index is 2580. The first-order valence-electron chi connectivity index (χ1n) is 20.6. The minimum absolute atomic E-state index is 0.0918. The molecule has 0 saturated heterocycles. The smallest absolute Gasteiger partial charge is 0.267 e. The summed E-state index contributed by atoms with van der Waals surface area (Å²) >= 11 is 3.67. The number of ether oxygens (including phenoxy) is 2. The first-order chi connectivity index (χ1) is 28.2. The monoisotopic (exact) mass is 852 g/mol. The van der Waals surface area contributed by atoms with Crippen LogP contribution in [0.25, 0.3) is 21.9 Å². The Kier molecular flexibility index (Phi) is 10.6. The second-order valence-corrected chi connectivity index (χ2v) is 18.1. The third kappa shape index (κ3) is 6.87. The minimum atomic E-state index is -0.563. The summed E-state index contributed by atoms with van der Waals surface area (Å²) in [6, 6.07) is 16.0. The first kappa shape index (κ1) is 40.2. The topological polar surface area (TPSA) is 93.2 Å². The van der Waals surface area contributed by atoms with Gasteiger partial charge in [0.2, 0.25) is 0 Å². The Labute approximate surface area is 354 Å². The summed E-state index contributed by atoms with van der Waals surface area (Å²) in [4.78, 5) is 61.9. The number of carbonyl (C=O) groups is 4. The van der Waals surface area contributed by atoms with Crippen molar-refractivity contribution in [2.24, 2.45) is 23.7 Å². The second-order valence-electron chi connectivity index (χ2n) is 17.2. The number of benzene rings is 4. The van der Waals surface area contributed by atoms with Crippen molar-refractivity contribution in [3.05, 3.63) is 129 Å². The van der Waals surface area contributed by atoms with Gasteiger partial charge in [-0.2, -0.15) is 0 Å². The second kappa shape index (κ2) is 15.6. The Morgan fingerprint density at radius 1 is 0.508 bits per heavy atom. The summed E-state index contributed by atoms with van der Waals surface area (Å²) < 4.78 is 13.4. The predicted molar refractivity (Wildman–Crippen MR) is 238 cm³/mol. The molecule has 0 N–H and O–H groups in total. The first-order valence-corrected chi connectivity index (χ1v) is 21.4. The lowest BCUT2D eigenvalue weighted by Gasteiger charge is -2.34. The van der Waals surface area contributed by atoms with E-state index in [1.807, 2.05) is 60.7 Å². The molecule has 0 bridgehead atoms. The molecule has 0 fully saturated rings. The maximum atomic E-state index is 14.9. The quantitative estimate of drug-likeness (QED) is 0.132. The van der Waals surface area contributed by atoms with Crippen molar-refractivity contribution in [3.63, 3.8) is 0 Å². The van der Waals surface area contributed by atoms with Crippen LogP contribution in [0.4, 0.5) is 11.4 Å². The molecule has 0 radical (unpaired) electrons. The highest BCUT2D eigenvalue weighted by Gasteiger charge is 2.43. The molecule has 0 unspecified atom stereocenters. The lowest BCUT2D eigenvalue weighted by Crippen LogP contribution is -2.44. The molecule has 0 atom stereocenters. The van der Waals surface area contributed by atoms with E-state index in [1.54, 1.807) is 30.3 Å². The van der Waals surface area contributed by atoms with Crippen LogP contribution in [-0.4, -0.2) is 35.8 Å². The van der Waals surface area contributed by atoms with Crippen LogP contribution in [0, 0.1) is 23.7 Å². The number of nitrogens with zero attached hydrogens (tertiary/aromatic N) is 2. The molecule has 302 valence electrons. The molecular formula is C50H49BrN2O6. The molecular weight excluding hydrogens is 804 g/mol. The van der Waals surface area contributed by atoms with Gasteiger partial charge in [-0.3, -0.25) is 19.2 Å². The molecule has 4 aromatic rings. The molecule has 4 aromatic carbocycles. The normalized spacial score (nSPS) is 16.1. The van der Waals surface area contributed by atoms with Crippen molar-refractivity contribution in [3.8, 4) is 11.5 Å². The van der Waals surface area contributed by atoms with Crippen molar-refractivity contribution in [1.29, 1.82) is 0 Å². The molecule has 2 aliphatic heterocycles. The number of hydrogen-bond donors (Lipinski definition) is 0. The fraction of sp³-hybridized carbons (Fsp3) is 0.320. The third-order valence-electron chi connectivity index (χ3n) is 11.8. The fourth-order valence-electron chi connectivity index (χ4n) is 9.14. The van der Waals surface area contributed by atoms with E-state index in [4.69, 9.17) is 9.47 Å². The highest BCUT2D eigenvalue weighted by molar-refractivity contribution is 9.10. The van der Waals surface area contributed by atoms with Gasteiger partial charge in [-0.15, -0.1) is 0 Å². The van der Waals surface area contributed by atoms with Gasteiger partial charge < -0.3 is 9.47 Å². The summed E-state index contributed by atoms with van der Waals surface area (Å²) in [7, 11) is 0. The van der Waals surface area contributed by atoms with E-state index in [2.05, 4.69) is 71.3 Å². The Morgan fingerprint density at radius 2 is 0.915 bits per heavy atom. The number of hydrogen-bond acceptors (Lipinski definition) is 6. The van der Waals surface area contributed by atoms with Crippen molar-refractivity contribution in [2.75, 3.05) is 9.80 Å². The molecule has 2 heterocycles.